The van der Waals surface area contributed by atoms with Gasteiger partial charge in [-0.05, 0) is 19.3 Å². The molecule has 0 fully saturated rings. The second kappa shape index (κ2) is 12.8. The summed E-state index contributed by atoms with van der Waals surface area (Å²) in [6.07, 6.45) is 14.0. The maximum atomic E-state index is 5.73. The molecule has 0 aliphatic carbocycles. The summed E-state index contributed by atoms with van der Waals surface area (Å²) in [6, 6.07) is 0. The van der Waals surface area contributed by atoms with Gasteiger partial charge in [0.05, 0.1) is 0 Å². The monoisotopic (exact) mass is 212 g/mol. The number of halogens is 1. The van der Waals surface area contributed by atoms with Crippen molar-refractivity contribution in [3.63, 3.8) is 0 Å². The maximum Gasteiger partial charge on any atom is 0.501 e. The highest BCUT2D eigenvalue weighted by Crippen LogP contribution is 2.07. The first kappa shape index (κ1) is 13.8. The molecule has 0 radical (unpaired) electrons. The molecule has 74 valence electrons. The van der Waals surface area contributed by atoms with Gasteiger partial charge < -0.3 is 9.07 Å². The highest BCUT2D eigenvalue weighted by atomic mass is 35.5. The van der Waals surface area contributed by atoms with Crippen molar-refractivity contribution in [3.8, 4) is 0 Å². The molecule has 2 heteroatoms. The van der Waals surface area contributed by atoms with E-state index >= 15 is 0 Å². The minimum atomic E-state index is -0.176. The zero-order valence-corrected chi connectivity index (χ0v) is 11.1. The molecular formula is C11H21ClMg. The van der Waals surface area contributed by atoms with Crippen molar-refractivity contribution >= 4 is 28.3 Å². The maximum absolute atomic E-state index is 5.73. The van der Waals surface area contributed by atoms with E-state index < -0.39 is 0 Å². The smallest absolute Gasteiger partial charge is 0.346 e. The SMILES string of the molecule is CC/C=C\CCCCCC[CH2][Mg][Cl]. The molecule has 0 nitrogen and oxygen atoms in total. The van der Waals surface area contributed by atoms with E-state index in [4.69, 9.17) is 9.07 Å². The molecule has 0 atom stereocenters. The Morgan fingerprint density at radius 1 is 1.00 bits per heavy atom. The zero-order valence-electron chi connectivity index (χ0n) is 8.90. The summed E-state index contributed by atoms with van der Waals surface area (Å²) in [4.78, 5) is 0. The second-order valence-electron chi connectivity index (χ2n) is 3.48. The molecule has 0 unspecified atom stereocenters. The van der Waals surface area contributed by atoms with Gasteiger partial charge >= 0.3 is 19.3 Å². The Morgan fingerprint density at radius 2 is 1.69 bits per heavy atom. The van der Waals surface area contributed by atoms with Crippen molar-refractivity contribution < 1.29 is 0 Å². The van der Waals surface area contributed by atoms with Crippen LogP contribution < -0.4 is 0 Å². The topological polar surface area (TPSA) is 0 Å². The van der Waals surface area contributed by atoms with Crippen LogP contribution in [-0.2, 0) is 0 Å². The van der Waals surface area contributed by atoms with Crippen molar-refractivity contribution in [2.24, 2.45) is 0 Å². The van der Waals surface area contributed by atoms with Crippen LogP contribution in [0.5, 0.6) is 0 Å². The Balaban J connectivity index is 2.87. The molecule has 0 bridgehead atoms. The van der Waals surface area contributed by atoms with E-state index in [0.29, 0.717) is 0 Å². The largest absolute Gasteiger partial charge is 0.501 e. The van der Waals surface area contributed by atoms with Crippen molar-refractivity contribution in [1.29, 1.82) is 0 Å². The summed E-state index contributed by atoms with van der Waals surface area (Å²) in [7, 11) is 5.73. The van der Waals surface area contributed by atoms with Crippen LogP contribution in [0, 0.1) is 0 Å². The van der Waals surface area contributed by atoms with Gasteiger partial charge in [0.15, 0.2) is 0 Å². The molecule has 0 aliphatic heterocycles. The molecular weight excluding hydrogens is 192 g/mol. The van der Waals surface area contributed by atoms with E-state index in [0.717, 1.165) is 0 Å². The average Bonchev–Trinajstić information content (AvgIpc) is 2.16. The van der Waals surface area contributed by atoms with E-state index in [1.807, 2.05) is 0 Å². The number of hydrogen-bond donors (Lipinski definition) is 0. The van der Waals surface area contributed by atoms with Crippen molar-refractivity contribution in [2.45, 2.75) is 56.4 Å². The van der Waals surface area contributed by atoms with Crippen molar-refractivity contribution in [2.75, 3.05) is 0 Å². The minimum absolute atomic E-state index is 0.176. The quantitative estimate of drug-likeness (QED) is 0.299. The van der Waals surface area contributed by atoms with E-state index in [1.165, 1.54) is 49.5 Å². The Hall–Kier alpha value is 0.796. The van der Waals surface area contributed by atoms with Crippen LogP contribution in [0.4, 0.5) is 0 Å². The van der Waals surface area contributed by atoms with Gasteiger partial charge in [-0.25, -0.2) is 0 Å². The normalized spacial score (nSPS) is 10.6. The van der Waals surface area contributed by atoms with Crippen molar-refractivity contribution in [1.82, 2.24) is 0 Å². The van der Waals surface area contributed by atoms with Gasteiger partial charge in [0.2, 0.25) is 0 Å². The fourth-order valence-corrected chi connectivity index (χ4v) is 2.46. The van der Waals surface area contributed by atoms with Crippen LogP contribution >= 0.6 is 9.07 Å². The summed E-state index contributed by atoms with van der Waals surface area (Å²) >= 11 is -0.176. The lowest BCUT2D eigenvalue weighted by molar-refractivity contribution is 0.637. The Morgan fingerprint density at radius 3 is 2.38 bits per heavy atom. The summed E-state index contributed by atoms with van der Waals surface area (Å²) in [5.41, 5.74) is 0. The molecule has 0 N–H and O–H groups in total. The van der Waals surface area contributed by atoms with Crippen molar-refractivity contribution in [3.05, 3.63) is 12.2 Å². The third-order valence-electron chi connectivity index (χ3n) is 2.16. The molecule has 0 saturated heterocycles. The Labute approximate surface area is 96.6 Å². The summed E-state index contributed by atoms with van der Waals surface area (Å²) in [6.45, 7) is 2.19. The van der Waals surface area contributed by atoms with Gasteiger partial charge in [-0.1, -0.05) is 44.8 Å². The number of unbranched alkanes of at least 4 members (excludes halogenated alkanes) is 5. The molecule has 0 rings (SSSR count). The van der Waals surface area contributed by atoms with Gasteiger partial charge in [0.25, 0.3) is 0 Å². The van der Waals surface area contributed by atoms with Crippen LogP contribution in [0.15, 0.2) is 12.2 Å². The predicted molar refractivity (Wildman–Crippen MR) is 63.5 cm³/mol. The molecule has 0 aliphatic rings. The highest BCUT2D eigenvalue weighted by Gasteiger charge is 1.91. The van der Waals surface area contributed by atoms with Crippen LogP contribution in [-0.4, -0.2) is 19.3 Å². The molecule has 0 aromatic heterocycles. The third kappa shape index (κ3) is 12.8. The van der Waals surface area contributed by atoms with Crippen LogP contribution in [0.2, 0.25) is 4.55 Å². The van der Waals surface area contributed by atoms with Gasteiger partial charge in [-0.2, -0.15) is 0 Å². The number of allylic oxidation sites excluding steroid dienone is 2. The Kier molecular flexibility index (Phi) is 13.6. The van der Waals surface area contributed by atoms with E-state index in [9.17, 15) is 0 Å². The van der Waals surface area contributed by atoms with Crippen LogP contribution in [0.3, 0.4) is 0 Å². The van der Waals surface area contributed by atoms with E-state index in [-0.39, 0.29) is 19.3 Å². The van der Waals surface area contributed by atoms with Crippen LogP contribution in [0.25, 0.3) is 0 Å². The molecule has 13 heavy (non-hydrogen) atoms. The molecule has 0 saturated carbocycles. The van der Waals surface area contributed by atoms with Gasteiger partial charge in [-0.15, -0.1) is 4.55 Å². The first-order valence-electron chi connectivity index (χ1n) is 5.62. The molecule has 0 amide bonds. The Bertz CT molecular complexity index is 113. The van der Waals surface area contributed by atoms with E-state index in [2.05, 4.69) is 19.1 Å². The lowest BCUT2D eigenvalue weighted by Crippen LogP contribution is -1.81. The lowest BCUT2D eigenvalue weighted by Gasteiger charge is -1.97. The highest BCUT2D eigenvalue weighted by molar-refractivity contribution is 6.93. The fraction of sp³-hybridized carbons (Fsp3) is 0.818. The minimum Gasteiger partial charge on any atom is -0.346 e. The predicted octanol–water partition coefficient (Wildman–Crippen LogP) is 4.57. The molecule has 0 aromatic rings. The van der Waals surface area contributed by atoms with E-state index in [1.54, 1.807) is 0 Å². The zero-order chi connectivity index (χ0) is 9.78. The average molecular weight is 213 g/mol. The molecule has 0 spiro atoms. The first-order chi connectivity index (χ1) is 6.41. The first-order valence-corrected chi connectivity index (χ1v) is 8.76. The number of rotatable bonds is 9. The summed E-state index contributed by atoms with van der Waals surface area (Å²) in [5.74, 6) is 0. The number of hydrogen-bond acceptors (Lipinski definition) is 0. The molecule has 0 aromatic carbocycles. The third-order valence-corrected chi connectivity index (χ3v) is 3.73. The standard InChI is InChI=1S/C11H21.ClH.Mg/c1-3-5-7-9-11-10-8-6-4-2;;/h6,8H,1,3-5,7,9-11H2,2H3;1H;/q;;+1/p-1/b8-6-;;. The second-order valence-corrected chi connectivity index (χ2v) is 5.70. The molecule has 0 heterocycles. The van der Waals surface area contributed by atoms with Gasteiger partial charge in [0, 0.05) is 0 Å². The van der Waals surface area contributed by atoms with Crippen LogP contribution in [0.1, 0.15) is 51.9 Å². The lowest BCUT2D eigenvalue weighted by atomic mass is 10.1. The summed E-state index contributed by atoms with van der Waals surface area (Å²) < 4.78 is 1.33. The van der Waals surface area contributed by atoms with Gasteiger partial charge in [-0.3, -0.25) is 0 Å². The van der Waals surface area contributed by atoms with Gasteiger partial charge in [0.1, 0.15) is 0 Å². The summed E-state index contributed by atoms with van der Waals surface area (Å²) in [5, 5.41) is 0. The fourth-order valence-electron chi connectivity index (χ4n) is 1.35.